The van der Waals surface area contributed by atoms with Gasteiger partial charge < -0.3 is 20.3 Å². The summed E-state index contributed by atoms with van der Waals surface area (Å²) in [5, 5.41) is 10.3. The summed E-state index contributed by atoms with van der Waals surface area (Å²) in [5.74, 6) is 1.29. The predicted octanol–water partition coefficient (Wildman–Crippen LogP) is 2.18. The first kappa shape index (κ1) is 23.1. The topological polar surface area (TPSA) is 83.8 Å². The fraction of sp³-hybridized carbons (Fsp3) is 0.450. The summed E-state index contributed by atoms with van der Waals surface area (Å²) in [5.41, 5.74) is 1.83. The molecule has 1 amide bonds. The van der Waals surface area contributed by atoms with Crippen molar-refractivity contribution < 1.29 is 9.53 Å². The Labute approximate surface area is 188 Å². The molecule has 1 fully saturated rings. The Morgan fingerprint density at radius 3 is 2.97 bits per heavy atom. The number of hydrogen-bond acceptors (Lipinski definition) is 4. The number of hydrogen-bond donors (Lipinski definition) is 2. The van der Waals surface area contributed by atoms with Crippen molar-refractivity contribution in [1.29, 1.82) is 0 Å². The van der Waals surface area contributed by atoms with E-state index in [1.807, 2.05) is 31.3 Å². The third-order valence-electron chi connectivity index (χ3n) is 4.66. The molecule has 1 aliphatic rings. The molecule has 1 saturated heterocycles. The van der Waals surface area contributed by atoms with Crippen LogP contribution in [-0.4, -0.2) is 60.4 Å². The minimum Gasteiger partial charge on any atom is -0.381 e. The number of halogens is 1. The number of nitrogens with zero attached hydrogens (tertiary/aromatic N) is 4. The van der Waals surface area contributed by atoms with Crippen molar-refractivity contribution >= 4 is 41.5 Å². The monoisotopic (exact) mass is 512 g/mol. The maximum atomic E-state index is 12.1. The van der Waals surface area contributed by atoms with Crippen LogP contribution in [-0.2, 0) is 22.6 Å². The molecule has 1 unspecified atom stereocenters. The summed E-state index contributed by atoms with van der Waals surface area (Å²) in [6.45, 7) is 3.41. The van der Waals surface area contributed by atoms with Crippen LogP contribution in [0.3, 0.4) is 0 Å². The van der Waals surface area contributed by atoms with Gasteiger partial charge in [-0.2, -0.15) is 5.10 Å². The molecule has 0 saturated carbocycles. The molecule has 9 heteroatoms. The lowest BCUT2D eigenvalue weighted by Gasteiger charge is -2.24. The Hall–Kier alpha value is -2.14. The minimum absolute atomic E-state index is 0. The Bertz CT molecular complexity index is 790. The highest BCUT2D eigenvalue weighted by molar-refractivity contribution is 14.0. The van der Waals surface area contributed by atoms with E-state index >= 15 is 0 Å². The summed E-state index contributed by atoms with van der Waals surface area (Å²) in [6, 6.07) is 9.60. The van der Waals surface area contributed by atoms with E-state index in [4.69, 9.17) is 4.74 Å². The van der Waals surface area contributed by atoms with E-state index in [0.717, 1.165) is 43.4 Å². The quantitative estimate of drug-likeness (QED) is 0.338. The van der Waals surface area contributed by atoms with Crippen molar-refractivity contribution in [3.63, 3.8) is 0 Å². The standard InChI is InChI=1S/C20H28N6O2.HI/c1-21-20(25(2)13-17-7-10-28-15-17)22-12-16-5-3-6-18(11-16)24-19(27)14-26-9-4-8-23-26;/h3-6,8-9,11,17H,7,10,12-15H2,1-2H3,(H,21,22)(H,24,27);1H. The van der Waals surface area contributed by atoms with E-state index in [9.17, 15) is 4.79 Å². The lowest BCUT2D eigenvalue weighted by Crippen LogP contribution is -2.41. The first-order valence-electron chi connectivity index (χ1n) is 9.50. The van der Waals surface area contributed by atoms with Crippen LogP contribution in [0.15, 0.2) is 47.7 Å². The second-order valence-electron chi connectivity index (χ2n) is 6.96. The number of carbonyl (C=O) groups excluding carboxylic acids is 1. The molecule has 158 valence electrons. The number of benzene rings is 1. The van der Waals surface area contributed by atoms with Crippen LogP contribution in [0.1, 0.15) is 12.0 Å². The van der Waals surface area contributed by atoms with Gasteiger partial charge in [0.1, 0.15) is 6.54 Å². The molecule has 0 bridgehead atoms. The minimum atomic E-state index is -0.108. The van der Waals surface area contributed by atoms with E-state index in [1.165, 1.54) is 0 Å². The summed E-state index contributed by atoms with van der Waals surface area (Å²) < 4.78 is 7.04. The van der Waals surface area contributed by atoms with Gasteiger partial charge in [0.2, 0.25) is 5.91 Å². The van der Waals surface area contributed by atoms with Gasteiger partial charge in [-0.1, -0.05) is 12.1 Å². The molecule has 0 radical (unpaired) electrons. The van der Waals surface area contributed by atoms with Crippen LogP contribution >= 0.6 is 24.0 Å². The zero-order valence-corrected chi connectivity index (χ0v) is 19.2. The van der Waals surface area contributed by atoms with Gasteiger partial charge in [-0.3, -0.25) is 14.5 Å². The van der Waals surface area contributed by atoms with Crippen molar-refractivity contribution in [1.82, 2.24) is 20.0 Å². The lowest BCUT2D eigenvalue weighted by molar-refractivity contribution is -0.116. The molecule has 0 aliphatic carbocycles. The Balaban J connectivity index is 0.00000300. The first-order chi connectivity index (χ1) is 13.6. The highest BCUT2D eigenvalue weighted by Crippen LogP contribution is 2.14. The van der Waals surface area contributed by atoms with Gasteiger partial charge in [0.05, 0.1) is 6.61 Å². The molecule has 29 heavy (non-hydrogen) atoms. The highest BCUT2D eigenvalue weighted by Gasteiger charge is 2.19. The smallest absolute Gasteiger partial charge is 0.246 e. The second kappa shape index (κ2) is 11.8. The van der Waals surface area contributed by atoms with Crippen LogP contribution in [0.4, 0.5) is 5.69 Å². The molecule has 0 spiro atoms. The molecular weight excluding hydrogens is 483 g/mol. The maximum Gasteiger partial charge on any atom is 0.246 e. The maximum absolute atomic E-state index is 12.1. The summed E-state index contributed by atoms with van der Waals surface area (Å²) in [4.78, 5) is 18.6. The van der Waals surface area contributed by atoms with Crippen molar-refractivity contribution in [2.24, 2.45) is 10.9 Å². The molecule has 1 atom stereocenters. The number of guanidine groups is 1. The number of aromatic nitrogens is 2. The van der Waals surface area contributed by atoms with Crippen LogP contribution in [0.25, 0.3) is 0 Å². The number of aliphatic imine (C=N–C) groups is 1. The average Bonchev–Trinajstić information content (AvgIpc) is 3.36. The molecule has 1 aliphatic heterocycles. The molecule has 2 N–H and O–H groups in total. The van der Waals surface area contributed by atoms with Crippen LogP contribution in [0.5, 0.6) is 0 Å². The van der Waals surface area contributed by atoms with Gasteiger partial charge in [-0.15, -0.1) is 24.0 Å². The number of anilines is 1. The predicted molar refractivity (Wildman–Crippen MR) is 124 cm³/mol. The average molecular weight is 512 g/mol. The SMILES string of the molecule is CN=C(NCc1cccc(NC(=O)Cn2cccn2)c1)N(C)CC1CCOC1.I. The number of rotatable bonds is 7. The second-order valence-corrected chi connectivity index (χ2v) is 6.96. The molecule has 3 rings (SSSR count). The van der Waals surface area contributed by atoms with Crippen molar-refractivity contribution in [2.45, 2.75) is 19.5 Å². The van der Waals surface area contributed by atoms with Crippen molar-refractivity contribution in [3.05, 3.63) is 48.3 Å². The van der Waals surface area contributed by atoms with E-state index in [1.54, 1.807) is 30.2 Å². The van der Waals surface area contributed by atoms with Gasteiger partial charge in [-0.05, 0) is 30.2 Å². The lowest BCUT2D eigenvalue weighted by atomic mass is 10.1. The third-order valence-corrected chi connectivity index (χ3v) is 4.66. The Kier molecular flexibility index (Phi) is 9.39. The Morgan fingerprint density at radius 2 is 2.28 bits per heavy atom. The highest BCUT2D eigenvalue weighted by atomic mass is 127. The molecule has 2 aromatic rings. The molecule has 1 aromatic heterocycles. The van der Waals surface area contributed by atoms with Gasteiger partial charge in [0.15, 0.2) is 5.96 Å². The van der Waals surface area contributed by atoms with Gasteiger partial charge in [0.25, 0.3) is 0 Å². The van der Waals surface area contributed by atoms with E-state index in [0.29, 0.717) is 12.5 Å². The fourth-order valence-corrected chi connectivity index (χ4v) is 3.27. The first-order valence-corrected chi connectivity index (χ1v) is 9.50. The summed E-state index contributed by atoms with van der Waals surface area (Å²) in [7, 11) is 3.83. The molecule has 2 heterocycles. The van der Waals surface area contributed by atoms with E-state index < -0.39 is 0 Å². The Morgan fingerprint density at radius 1 is 1.41 bits per heavy atom. The van der Waals surface area contributed by atoms with E-state index in [-0.39, 0.29) is 36.4 Å². The fourth-order valence-electron chi connectivity index (χ4n) is 3.27. The number of amides is 1. The number of ether oxygens (including phenoxy) is 1. The van der Waals surface area contributed by atoms with Crippen LogP contribution < -0.4 is 10.6 Å². The van der Waals surface area contributed by atoms with Gasteiger partial charge >= 0.3 is 0 Å². The molecule has 8 nitrogen and oxygen atoms in total. The zero-order valence-electron chi connectivity index (χ0n) is 16.9. The molecule has 1 aromatic carbocycles. The number of nitrogens with one attached hydrogen (secondary N) is 2. The summed E-state index contributed by atoms with van der Waals surface area (Å²) >= 11 is 0. The van der Waals surface area contributed by atoms with Crippen LogP contribution in [0.2, 0.25) is 0 Å². The van der Waals surface area contributed by atoms with E-state index in [2.05, 4.69) is 25.6 Å². The van der Waals surface area contributed by atoms with Crippen LogP contribution in [0, 0.1) is 5.92 Å². The van der Waals surface area contributed by atoms with Gasteiger partial charge in [-0.25, -0.2) is 0 Å². The third kappa shape index (κ3) is 7.32. The van der Waals surface area contributed by atoms with Crippen molar-refractivity contribution in [2.75, 3.05) is 39.2 Å². The zero-order chi connectivity index (χ0) is 19.8. The normalized spacial score (nSPS) is 16.2. The molecular formula is C20H29IN6O2. The largest absolute Gasteiger partial charge is 0.381 e. The number of carbonyl (C=O) groups is 1. The van der Waals surface area contributed by atoms with Crippen molar-refractivity contribution in [3.8, 4) is 0 Å². The summed E-state index contributed by atoms with van der Waals surface area (Å²) in [6.07, 6.45) is 4.52. The van der Waals surface area contributed by atoms with Gasteiger partial charge in [0, 0.05) is 57.8 Å².